The van der Waals surface area contributed by atoms with Gasteiger partial charge in [0.2, 0.25) is 0 Å². The fraction of sp³-hybridized carbons (Fsp3) is 0.438. The highest BCUT2D eigenvalue weighted by molar-refractivity contribution is 7.13. The molecule has 122 valence electrons. The molecule has 2 aromatic rings. The molecule has 1 aliphatic heterocycles. The van der Waals surface area contributed by atoms with Crippen molar-refractivity contribution in [2.24, 2.45) is 5.92 Å². The number of hydrogen-bond acceptors (Lipinski definition) is 5. The molecule has 0 saturated carbocycles. The SMILES string of the molecule is Cc1ccc(-c2nc(C(=O)N3CCC[C@@H](C(=O)O)[C@H]3C)cs2)o1. The van der Waals surface area contributed by atoms with Crippen LogP contribution in [-0.2, 0) is 4.79 Å². The number of aromatic nitrogens is 1. The molecule has 1 aliphatic rings. The molecular formula is C16H18N2O4S. The molecule has 1 N–H and O–H groups in total. The highest BCUT2D eigenvalue weighted by Gasteiger charge is 2.36. The van der Waals surface area contributed by atoms with Crippen LogP contribution in [0, 0.1) is 12.8 Å². The molecule has 1 fully saturated rings. The summed E-state index contributed by atoms with van der Waals surface area (Å²) in [4.78, 5) is 30.0. The highest BCUT2D eigenvalue weighted by atomic mass is 32.1. The smallest absolute Gasteiger partial charge is 0.308 e. The molecule has 2 aromatic heterocycles. The van der Waals surface area contributed by atoms with Crippen LogP contribution < -0.4 is 0 Å². The van der Waals surface area contributed by atoms with Gasteiger partial charge in [-0.2, -0.15) is 0 Å². The topological polar surface area (TPSA) is 83.6 Å². The van der Waals surface area contributed by atoms with Crippen molar-refractivity contribution in [2.45, 2.75) is 32.7 Å². The molecule has 1 saturated heterocycles. The number of rotatable bonds is 3. The fourth-order valence-electron chi connectivity index (χ4n) is 2.94. The number of piperidine rings is 1. The van der Waals surface area contributed by atoms with Gasteiger partial charge in [-0.1, -0.05) is 0 Å². The quantitative estimate of drug-likeness (QED) is 0.933. The van der Waals surface area contributed by atoms with Gasteiger partial charge in [-0.25, -0.2) is 4.98 Å². The van der Waals surface area contributed by atoms with E-state index >= 15 is 0 Å². The third kappa shape index (κ3) is 3.01. The number of thiazole rings is 1. The van der Waals surface area contributed by atoms with Gasteiger partial charge in [-0.3, -0.25) is 9.59 Å². The van der Waals surface area contributed by atoms with E-state index in [4.69, 9.17) is 4.42 Å². The molecule has 0 radical (unpaired) electrons. The van der Waals surface area contributed by atoms with E-state index in [1.807, 2.05) is 19.1 Å². The Morgan fingerprint density at radius 3 is 2.87 bits per heavy atom. The lowest BCUT2D eigenvalue weighted by Gasteiger charge is -2.37. The second-order valence-electron chi connectivity index (χ2n) is 5.77. The Hall–Kier alpha value is -2.15. The van der Waals surface area contributed by atoms with Gasteiger partial charge in [0.15, 0.2) is 10.8 Å². The van der Waals surface area contributed by atoms with Crippen LogP contribution in [0.15, 0.2) is 21.9 Å². The number of nitrogens with zero attached hydrogens (tertiary/aromatic N) is 2. The van der Waals surface area contributed by atoms with Crippen LogP contribution in [-0.4, -0.2) is 39.5 Å². The molecule has 0 aromatic carbocycles. The first-order valence-corrected chi connectivity index (χ1v) is 8.41. The average Bonchev–Trinajstić information content (AvgIpc) is 3.15. The van der Waals surface area contributed by atoms with Crippen molar-refractivity contribution in [3.05, 3.63) is 29.0 Å². The van der Waals surface area contributed by atoms with E-state index in [-0.39, 0.29) is 11.9 Å². The number of carbonyl (C=O) groups excluding carboxylic acids is 1. The lowest BCUT2D eigenvalue weighted by atomic mass is 9.90. The van der Waals surface area contributed by atoms with Crippen LogP contribution in [0.25, 0.3) is 10.8 Å². The summed E-state index contributed by atoms with van der Waals surface area (Å²) in [5.74, 6) is -0.147. The Bertz CT molecular complexity index is 736. The second kappa shape index (κ2) is 6.16. The third-order valence-electron chi connectivity index (χ3n) is 4.24. The van der Waals surface area contributed by atoms with E-state index in [2.05, 4.69) is 4.98 Å². The fourth-order valence-corrected chi connectivity index (χ4v) is 3.70. The number of hydrogen-bond donors (Lipinski definition) is 1. The van der Waals surface area contributed by atoms with Gasteiger partial charge in [0.1, 0.15) is 11.5 Å². The highest BCUT2D eigenvalue weighted by Crippen LogP contribution is 2.29. The summed E-state index contributed by atoms with van der Waals surface area (Å²) in [6.45, 7) is 4.21. The molecule has 3 rings (SSSR count). The first-order chi connectivity index (χ1) is 11.0. The molecular weight excluding hydrogens is 316 g/mol. The summed E-state index contributed by atoms with van der Waals surface area (Å²) < 4.78 is 5.52. The van der Waals surface area contributed by atoms with E-state index in [9.17, 15) is 14.7 Å². The number of furan rings is 1. The van der Waals surface area contributed by atoms with E-state index in [0.29, 0.717) is 35.8 Å². The minimum Gasteiger partial charge on any atom is -0.481 e. The normalized spacial score (nSPS) is 21.4. The Labute approximate surface area is 137 Å². The lowest BCUT2D eigenvalue weighted by molar-refractivity contribution is -0.144. The average molecular weight is 334 g/mol. The summed E-state index contributed by atoms with van der Waals surface area (Å²) in [5.41, 5.74) is 0.344. The van der Waals surface area contributed by atoms with Crippen molar-refractivity contribution in [3.8, 4) is 10.8 Å². The summed E-state index contributed by atoms with van der Waals surface area (Å²) in [6.07, 6.45) is 1.30. The Kier molecular flexibility index (Phi) is 4.21. The number of carbonyl (C=O) groups is 2. The Balaban J connectivity index is 1.80. The number of carboxylic acids is 1. The second-order valence-corrected chi connectivity index (χ2v) is 6.63. The summed E-state index contributed by atoms with van der Waals surface area (Å²) >= 11 is 1.35. The summed E-state index contributed by atoms with van der Waals surface area (Å²) in [7, 11) is 0. The monoisotopic (exact) mass is 334 g/mol. The molecule has 0 bridgehead atoms. The largest absolute Gasteiger partial charge is 0.481 e. The minimum atomic E-state index is -0.847. The predicted octanol–water partition coefficient (Wildman–Crippen LogP) is 3.04. The number of aliphatic carboxylic acids is 1. The van der Waals surface area contributed by atoms with E-state index < -0.39 is 11.9 Å². The molecule has 0 unspecified atom stereocenters. The molecule has 3 heterocycles. The standard InChI is InChI=1S/C16H18N2O4S/c1-9-5-6-13(22-9)14-17-12(8-23-14)15(19)18-7-3-4-11(10(18)2)16(20)21/h5-6,8,10-11H,3-4,7H2,1-2H3,(H,20,21)/t10-,11-/m1/s1. The number of amides is 1. The van der Waals surface area contributed by atoms with Crippen LogP contribution in [0.2, 0.25) is 0 Å². The first-order valence-electron chi connectivity index (χ1n) is 7.53. The van der Waals surface area contributed by atoms with Crippen molar-refractivity contribution in [1.82, 2.24) is 9.88 Å². The van der Waals surface area contributed by atoms with Crippen molar-refractivity contribution in [3.63, 3.8) is 0 Å². The molecule has 6 nitrogen and oxygen atoms in total. The maximum Gasteiger partial charge on any atom is 0.308 e. The van der Waals surface area contributed by atoms with Crippen LogP contribution in [0.4, 0.5) is 0 Å². The van der Waals surface area contributed by atoms with Crippen molar-refractivity contribution < 1.29 is 19.1 Å². The van der Waals surface area contributed by atoms with Gasteiger partial charge in [0, 0.05) is 18.0 Å². The number of carboxylic acid groups (broad SMARTS) is 1. The van der Waals surface area contributed by atoms with Gasteiger partial charge in [-0.05, 0) is 38.8 Å². The molecule has 23 heavy (non-hydrogen) atoms. The van der Waals surface area contributed by atoms with E-state index in [1.165, 1.54) is 11.3 Å². The van der Waals surface area contributed by atoms with E-state index in [1.54, 1.807) is 17.2 Å². The first kappa shape index (κ1) is 15.7. The molecule has 2 atom stereocenters. The van der Waals surface area contributed by atoms with Gasteiger partial charge in [0.25, 0.3) is 5.91 Å². The maximum atomic E-state index is 12.7. The van der Waals surface area contributed by atoms with Crippen LogP contribution in [0.1, 0.15) is 36.0 Å². The zero-order valence-electron chi connectivity index (χ0n) is 13.0. The van der Waals surface area contributed by atoms with E-state index in [0.717, 1.165) is 5.76 Å². The summed E-state index contributed by atoms with van der Waals surface area (Å²) in [6, 6.07) is 3.35. The maximum absolute atomic E-state index is 12.7. The van der Waals surface area contributed by atoms with Gasteiger partial charge >= 0.3 is 5.97 Å². The molecule has 1 amide bonds. The lowest BCUT2D eigenvalue weighted by Crippen LogP contribution is -2.49. The van der Waals surface area contributed by atoms with Gasteiger partial charge in [0.05, 0.1) is 5.92 Å². The molecule has 7 heteroatoms. The zero-order valence-corrected chi connectivity index (χ0v) is 13.8. The van der Waals surface area contributed by atoms with Crippen molar-refractivity contribution in [1.29, 1.82) is 0 Å². The van der Waals surface area contributed by atoms with Crippen molar-refractivity contribution in [2.75, 3.05) is 6.54 Å². The van der Waals surface area contributed by atoms with Gasteiger partial charge in [-0.15, -0.1) is 11.3 Å². The third-order valence-corrected chi connectivity index (χ3v) is 5.10. The predicted molar refractivity (Wildman–Crippen MR) is 85.4 cm³/mol. The Morgan fingerprint density at radius 1 is 1.43 bits per heavy atom. The summed E-state index contributed by atoms with van der Waals surface area (Å²) in [5, 5.41) is 11.6. The molecule has 0 aliphatic carbocycles. The van der Waals surface area contributed by atoms with Gasteiger partial charge < -0.3 is 14.4 Å². The van der Waals surface area contributed by atoms with Crippen LogP contribution in [0.3, 0.4) is 0 Å². The van der Waals surface area contributed by atoms with Crippen LogP contribution >= 0.6 is 11.3 Å². The van der Waals surface area contributed by atoms with Crippen molar-refractivity contribution >= 4 is 23.2 Å². The zero-order chi connectivity index (χ0) is 16.6. The number of aryl methyl sites for hydroxylation is 1. The number of likely N-dealkylation sites (tertiary alicyclic amines) is 1. The van der Waals surface area contributed by atoms with Crippen LogP contribution in [0.5, 0.6) is 0 Å². The molecule has 0 spiro atoms. The Morgan fingerprint density at radius 2 is 2.22 bits per heavy atom. The minimum absolute atomic E-state index is 0.214.